The van der Waals surface area contributed by atoms with Gasteiger partial charge in [0, 0.05) is 6.61 Å². The van der Waals surface area contributed by atoms with Crippen molar-refractivity contribution < 1.29 is 4.74 Å². The second-order valence-corrected chi connectivity index (χ2v) is 2.81. The molecule has 2 N–H and O–H groups in total. The van der Waals surface area contributed by atoms with Gasteiger partial charge in [0.05, 0.1) is 0 Å². The maximum absolute atomic E-state index is 5.55. The van der Waals surface area contributed by atoms with Crippen molar-refractivity contribution in [1.29, 1.82) is 0 Å². The van der Waals surface area contributed by atoms with Gasteiger partial charge >= 0.3 is 0 Å². The van der Waals surface area contributed by atoms with Gasteiger partial charge in [-0.25, -0.2) is 0 Å². The Balaban J connectivity index is 3.07. The zero-order valence-electron chi connectivity index (χ0n) is 6.61. The molecule has 0 saturated carbocycles. The average Bonchev–Trinajstić information content (AvgIpc) is 1.63. The standard InChI is InChI=1S/C7H17NO/c1-4-5-6-9-7(2,3)8/h4-6,8H2,1-3H3. The molecule has 2 nitrogen and oxygen atoms in total. The van der Waals surface area contributed by atoms with Crippen molar-refractivity contribution >= 4 is 0 Å². The first-order valence-corrected chi connectivity index (χ1v) is 3.49. The summed E-state index contributed by atoms with van der Waals surface area (Å²) < 4.78 is 5.25. The Hall–Kier alpha value is -0.0800. The summed E-state index contributed by atoms with van der Waals surface area (Å²) in [5.74, 6) is 0. The summed E-state index contributed by atoms with van der Waals surface area (Å²) in [6, 6.07) is 0. The van der Waals surface area contributed by atoms with E-state index in [9.17, 15) is 0 Å². The number of ether oxygens (including phenoxy) is 1. The van der Waals surface area contributed by atoms with Crippen molar-refractivity contribution in [2.45, 2.75) is 39.3 Å². The van der Waals surface area contributed by atoms with Crippen LogP contribution in [0.25, 0.3) is 0 Å². The first-order valence-electron chi connectivity index (χ1n) is 3.49. The molecule has 0 aliphatic heterocycles. The molecule has 0 bridgehead atoms. The molecule has 0 spiro atoms. The monoisotopic (exact) mass is 131 g/mol. The minimum Gasteiger partial charge on any atom is -0.361 e. The number of nitrogens with two attached hydrogens (primary N) is 1. The van der Waals surface area contributed by atoms with Gasteiger partial charge in [0.1, 0.15) is 5.72 Å². The van der Waals surface area contributed by atoms with Crippen molar-refractivity contribution in [2.75, 3.05) is 6.61 Å². The molecule has 0 aromatic heterocycles. The van der Waals surface area contributed by atoms with E-state index in [0.717, 1.165) is 19.4 Å². The van der Waals surface area contributed by atoms with E-state index in [2.05, 4.69) is 6.92 Å². The van der Waals surface area contributed by atoms with E-state index in [4.69, 9.17) is 10.5 Å². The Labute approximate surface area is 57.4 Å². The van der Waals surface area contributed by atoms with Crippen molar-refractivity contribution in [3.05, 3.63) is 0 Å². The molecule has 0 atom stereocenters. The van der Waals surface area contributed by atoms with Gasteiger partial charge in [0.25, 0.3) is 0 Å². The van der Waals surface area contributed by atoms with Gasteiger partial charge in [-0.2, -0.15) is 0 Å². The van der Waals surface area contributed by atoms with E-state index in [0.29, 0.717) is 0 Å². The van der Waals surface area contributed by atoms with Gasteiger partial charge in [0.15, 0.2) is 0 Å². The van der Waals surface area contributed by atoms with Crippen LogP contribution in [0.5, 0.6) is 0 Å². The Kier molecular flexibility index (Phi) is 3.82. The second kappa shape index (κ2) is 3.85. The summed E-state index contributed by atoms with van der Waals surface area (Å²) in [6.07, 6.45) is 2.26. The molecule has 0 rings (SSSR count). The largest absolute Gasteiger partial charge is 0.361 e. The summed E-state index contributed by atoms with van der Waals surface area (Å²) in [5.41, 5.74) is 5.10. The first kappa shape index (κ1) is 8.92. The molecule has 9 heavy (non-hydrogen) atoms. The normalized spacial score (nSPS) is 12.0. The summed E-state index contributed by atoms with van der Waals surface area (Å²) in [5, 5.41) is 0. The van der Waals surface area contributed by atoms with Gasteiger partial charge in [-0.1, -0.05) is 13.3 Å². The number of rotatable bonds is 4. The lowest BCUT2D eigenvalue weighted by atomic mass is 10.3. The van der Waals surface area contributed by atoms with Crippen molar-refractivity contribution in [3.63, 3.8) is 0 Å². The van der Waals surface area contributed by atoms with Crippen LogP contribution >= 0.6 is 0 Å². The smallest absolute Gasteiger partial charge is 0.111 e. The summed E-state index contributed by atoms with van der Waals surface area (Å²) in [6.45, 7) is 6.64. The summed E-state index contributed by atoms with van der Waals surface area (Å²) in [4.78, 5) is 0. The maximum Gasteiger partial charge on any atom is 0.111 e. The molecule has 0 aliphatic rings. The van der Waals surface area contributed by atoms with E-state index < -0.39 is 5.72 Å². The van der Waals surface area contributed by atoms with Crippen LogP contribution in [-0.4, -0.2) is 12.3 Å². The SMILES string of the molecule is CCCCOC(C)(C)N. The molecule has 0 fully saturated rings. The fourth-order valence-electron chi connectivity index (χ4n) is 0.480. The van der Waals surface area contributed by atoms with Crippen molar-refractivity contribution in [2.24, 2.45) is 5.73 Å². The van der Waals surface area contributed by atoms with Gasteiger partial charge in [0.2, 0.25) is 0 Å². The average molecular weight is 131 g/mol. The Morgan fingerprint density at radius 2 is 2.00 bits per heavy atom. The molecule has 0 aromatic rings. The van der Waals surface area contributed by atoms with E-state index in [1.807, 2.05) is 13.8 Å². The highest BCUT2D eigenvalue weighted by Gasteiger charge is 2.08. The predicted molar refractivity (Wildman–Crippen MR) is 39.1 cm³/mol. The minimum absolute atomic E-state index is 0.449. The maximum atomic E-state index is 5.55. The molecular weight excluding hydrogens is 114 g/mol. The molecule has 0 unspecified atom stereocenters. The van der Waals surface area contributed by atoms with Crippen LogP contribution in [-0.2, 0) is 4.74 Å². The Morgan fingerprint density at radius 1 is 1.44 bits per heavy atom. The highest BCUT2D eigenvalue weighted by Crippen LogP contribution is 2.00. The van der Waals surface area contributed by atoms with E-state index >= 15 is 0 Å². The molecule has 2 heteroatoms. The van der Waals surface area contributed by atoms with E-state index in [-0.39, 0.29) is 0 Å². The molecule has 0 radical (unpaired) electrons. The molecule has 0 aliphatic carbocycles. The first-order chi connectivity index (χ1) is 4.06. The predicted octanol–water partition coefficient (Wildman–Crippen LogP) is 1.50. The van der Waals surface area contributed by atoms with Crippen LogP contribution in [0.1, 0.15) is 33.6 Å². The zero-order chi connectivity index (χ0) is 7.33. The van der Waals surface area contributed by atoms with Crippen LogP contribution in [0.15, 0.2) is 0 Å². The lowest BCUT2D eigenvalue weighted by Crippen LogP contribution is -2.35. The minimum atomic E-state index is -0.449. The lowest BCUT2D eigenvalue weighted by Gasteiger charge is -2.18. The van der Waals surface area contributed by atoms with Crippen LogP contribution in [0, 0.1) is 0 Å². The number of hydrogen-bond donors (Lipinski definition) is 1. The highest BCUT2D eigenvalue weighted by atomic mass is 16.5. The van der Waals surface area contributed by atoms with Crippen molar-refractivity contribution in [3.8, 4) is 0 Å². The van der Waals surface area contributed by atoms with Gasteiger partial charge in [-0.3, -0.25) is 0 Å². The summed E-state index contributed by atoms with van der Waals surface area (Å²) in [7, 11) is 0. The molecule has 0 amide bonds. The lowest BCUT2D eigenvalue weighted by molar-refractivity contribution is -0.0137. The highest BCUT2D eigenvalue weighted by molar-refractivity contribution is 4.55. The number of unbranched alkanes of at least 4 members (excludes halogenated alkanes) is 1. The molecule has 0 saturated heterocycles. The van der Waals surface area contributed by atoms with Crippen molar-refractivity contribution in [1.82, 2.24) is 0 Å². The molecule has 0 heterocycles. The van der Waals surface area contributed by atoms with Crippen LogP contribution in [0.2, 0.25) is 0 Å². The number of hydrogen-bond acceptors (Lipinski definition) is 2. The third-order valence-electron chi connectivity index (χ3n) is 0.972. The quantitative estimate of drug-likeness (QED) is 0.463. The second-order valence-electron chi connectivity index (χ2n) is 2.81. The molecular formula is C7H17NO. The fraction of sp³-hybridized carbons (Fsp3) is 1.00. The molecule has 0 aromatic carbocycles. The van der Waals surface area contributed by atoms with Gasteiger partial charge in [-0.05, 0) is 20.3 Å². The van der Waals surface area contributed by atoms with E-state index in [1.165, 1.54) is 0 Å². The van der Waals surface area contributed by atoms with Gasteiger partial charge < -0.3 is 10.5 Å². The topological polar surface area (TPSA) is 35.2 Å². The van der Waals surface area contributed by atoms with E-state index in [1.54, 1.807) is 0 Å². The third kappa shape index (κ3) is 7.92. The Morgan fingerprint density at radius 3 is 2.33 bits per heavy atom. The fourth-order valence-corrected chi connectivity index (χ4v) is 0.480. The van der Waals surface area contributed by atoms with Crippen LogP contribution < -0.4 is 5.73 Å². The molecule has 56 valence electrons. The van der Waals surface area contributed by atoms with Crippen LogP contribution in [0.4, 0.5) is 0 Å². The Bertz CT molecular complexity index is 65.8. The summed E-state index contributed by atoms with van der Waals surface area (Å²) >= 11 is 0. The third-order valence-corrected chi connectivity index (χ3v) is 0.972. The van der Waals surface area contributed by atoms with Crippen LogP contribution in [0.3, 0.4) is 0 Å². The zero-order valence-corrected chi connectivity index (χ0v) is 6.61. The van der Waals surface area contributed by atoms with Gasteiger partial charge in [-0.15, -0.1) is 0 Å².